The summed E-state index contributed by atoms with van der Waals surface area (Å²) in [6.45, 7) is 2.99. The summed E-state index contributed by atoms with van der Waals surface area (Å²) in [5, 5.41) is 1.07. The SMILES string of the molecule is BrCC1CCCCCN1CCOc1cccc(Br)c1. The topological polar surface area (TPSA) is 12.5 Å². The van der Waals surface area contributed by atoms with Gasteiger partial charge in [-0.25, -0.2) is 0 Å². The van der Waals surface area contributed by atoms with Crippen LogP contribution in [0.15, 0.2) is 28.7 Å². The second kappa shape index (κ2) is 8.28. The quantitative estimate of drug-likeness (QED) is 0.687. The average Bonchev–Trinajstić information content (AvgIpc) is 2.64. The minimum atomic E-state index is 0.675. The van der Waals surface area contributed by atoms with Crippen LogP contribution < -0.4 is 4.74 Å². The van der Waals surface area contributed by atoms with Crippen molar-refractivity contribution < 1.29 is 4.74 Å². The first-order valence-corrected chi connectivity index (χ1v) is 8.89. The minimum Gasteiger partial charge on any atom is -0.492 e. The number of likely N-dealkylation sites (tertiary alicyclic amines) is 1. The van der Waals surface area contributed by atoms with Gasteiger partial charge in [0.2, 0.25) is 0 Å². The van der Waals surface area contributed by atoms with Crippen LogP contribution in [0.5, 0.6) is 5.75 Å². The molecule has 1 aliphatic rings. The molecule has 0 bridgehead atoms. The van der Waals surface area contributed by atoms with Crippen LogP contribution in [-0.2, 0) is 0 Å². The van der Waals surface area contributed by atoms with Gasteiger partial charge in [0.1, 0.15) is 12.4 Å². The first-order chi connectivity index (χ1) is 9.29. The Bertz CT molecular complexity index is 386. The number of hydrogen-bond donors (Lipinski definition) is 0. The molecule has 1 aliphatic heterocycles. The fourth-order valence-corrected chi connectivity index (χ4v) is 3.65. The molecule has 4 heteroatoms. The van der Waals surface area contributed by atoms with Crippen molar-refractivity contribution in [3.05, 3.63) is 28.7 Å². The van der Waals surface area contributed by atoms with E-state index in [0.29, 0.717) is 6.04 Å². The Hall–Kier alpha value is -0.0600. The lowest BCUT2D eigenvalue weighted by molar-refractivity contribution is 0.173. The lowest BCUT2D eigenvalue weighted by atomic mass is 10.1. The van der Waals surface area contributed by atoms with Gasteiger partial charge in [-0.15, -0.1) is 0 Å². The molecular formula is C15H21Br2NO. The molecule has 1 unspecified atom stereocenters. The Labute approximate surface area is 132 Å². The minimum absolute atomic E-state index is 0.675. The molecular weight excluding hydrogens is 370 g/mol. The first kappa shape index (κ1) is 15.3. The molecule has 1 fully saturated rings. The molecule has 0 aliphatic carbocycles. The summed E-state index contributed by atoms with van der Waals surface area (Å²) in [6, 6.07) is 8.72. The largest absolute Gasteiger partial charge is 0.492 e. The van der Waals surface area contributed by atoms with Crippen molar-refractivity contribution in [2.24, 2.45) is 0 Å². The molecule has 0 spiro atoms. The van der Waals surface area contributed by atoms with Gasteiger partial charge in [0.05, 0.1) is 0 Å². The van der Waals surface area contributed by atoms with Gasteiger partial charge in [0.25, 0.3) is 0 Å². The van der Waals surface area contributed by atoms with Crippen molar-refractivity contribution in [3.8, 4) is 5.75 Å². The summed E-state index contributed by atoms with van der Waals surface area (Å²) in [5.41, 5.74) is 0. The van der Waals surface area contributed by atoms with Crippen molar-refractivity contribution in [2.45, 2.75) is 31.7 Å². The van der Waals surface area contributed by atoms with E-state index in [0.717, 1.165) is 28.7 Å². The fourth-order valence-electron chi connectivity index (χ4n) is 2.54. The molecule has 1 atom stereocenters. The fraction of sp³-hybridized carbons (Fsp3) is 0.600. The highest BCUT2D eigenvalue weighted by Gasteiger charge is 2.19. The Morgan fingerprint density at radius 2 is 2.16 bits per heavy atom. The van der Waals surface area contributed by atoms with Crippen LogP contribution in [0, 0.1) is 0 Å². The number of benzene rings is 1. The van der Waals surface area contributed by atoms with Crippen molar-refractivity contribution in [3.63, 3.8) is 0 Å². The Morgan fingerprint density at radius 3 is 2.95 bits per heavy atom. The molecule has 1 heterocycles. The number of alkyl halides is 1. The van der Waals surface area contributed by atoms with E-state index in [-0.39, 0.29) is 0 Å². The van der Waals surface area contributed by atoms with Crippen molar-refractivity contribution in [1.82, 2.24) is 4.90 Å². The normalized spacial score (nSPS) is 21.1. The van der Waals surface area contributed by atoms with Gasteiger partial charge in [-0.3, -0.25) is 4.90 Å². The molecule has 1 aromatic rings. The Kier molecular flexibility index (Phi) is 6.68. The van der Waals surface area contributed by atoms with Crippen molar-refractivity contribution in [1.29, 1.82) is 0 Å². The summed E-state index contributed by atoms with van der Waals surface area (Å²) in [4.78, 5) is 2.57. The monoisotopic (exact) mass is 389 g/mol. The smallest absolute Gasteiger partial charge is 0.120 e. The van der Waals surface area contributed by atoms with Crippen molar-refractivity contribution >= 4 is 31.9 Å². The zero-order chi connectivity index (χ0) is 13.5. The summed E-state index contributed by atoms with van der Waals surface area (Å²) >= 11 is 7.11. The second-order valence-electron chi connectivity index (χ2n) is 5.00. The van der Waals surface area contributed by atoms with Gasteiger partial charge >= 0.3 is 0 Å². The second-order valence-corrected chi connectivity index (χ2v) is 6.56. The highest BCUT2D eigenvalue weighted by molar-refractivity contribution is 9.10. The summed E-state index contributed by atoms with van der Waals surface area (Å²) < 4.78 is 6.90. The lowest BCUT2D eigenvalue weighted by Crippen LogP contribution is -2.38. The molecule has 0 aromatic heterocycles. The molecule has 0 saturated carbocycles. The third-order valence-corrected chi connectivity index (χ3v) is 4.86. The predicted molar refractivity (Wildman–Crippen MR) is 87.3 cm³/mol. The summed E-state index contributed by atoms with van der Waals surface area (Å²) in [7, 11) is 0. The summed E-state index contributed by atoms with van der Waals surface area (Å²) in [5.74, 6) is 0.944. The zero-order valence-corrected chi connectivity index (χ0v) is 14.3. The molecule has 0 radical (unpaired) electrons. The van der Waals surface area contributed by atoms with Gasteiger partial charge in [-0.05, 0) is 37.6 Å². The lowest BCUT2D eigenvalue weighted by Gasteiger charge is -2.28. The average molecular weight is 391 g/mol. The van der Waals surface area contributed by atoms with E-state index in [1.54, 1.807) is 0 Å². The van der Waals surface area contributed by atoms with Gasteiger partial charge in [-0.1, -0.05) is 50.8 Å². The molecule has 1 aromatic carbocycles. The van der Waals surface area contributed by atoms with Crippen LogP contribution in [0.2, 0.25) is 0 Å². The third kappa shape index (κ3) is 5.09. The van der Waals surface area contributed by atoms with Gasteiger partial charge in [-0.2, -0.15) is 0 Å². The third-order valence-electron chi connectivity index (χ3n) is 3.62. The maximum Gasteiger partial charge on any atom is 0.120 e. The van der Waals surface area contributed by atoms with Gasteiger partial charge < -0.3 is 4.74 Å². The number of nitrogens with zero attached hydrogens (tertiary/aromatic N) is 1. The van der Waals surface area contributed by atoms with Crippen LogP contribution >= 0.6 is 31.9 Å². The molecule has 106 valence electrons. The van der Waals surface area contributed by atoms with Crippen LogP contribution in [-0.4, -0.2) is 36.0 Å². The van der Waals surface area contributed by atoms with E-state index < -0.39 is 0 Å². The molecule has 1 saturated heterocycles. The summed E-state index contributed by atoms with van der Waals surface area (Å²) in [6.07, 6.45) is 5.36. The number of hydrogen-bond acceptors (Lipinski definition) is 2. The maximum absolute atomic E-state index is 5.84. The highest BCUT2D eigenvalue weighted by Crippen LogP contribution is 2.20. The van der Waals surface area contributed by atoms with Gasteiger partial charge in [0.15, 0.2) is 0 Å². The first-order valence-electron chi connectivity index (χ1n) is 6.98. The van der Waals surface area contributed by atoms with E-state index in [4.69, 9.17) is 4.74 Å². The van der Waals surface area contributed by atoms with Crippen molar-refractivity contribution in [2.75, 3.05) is 25.0 Å². The van der Waals surface area contributed by atoms with Crippen LogP contribution in [0.4, 0.5) is 0 Å². The van der Waals surface area contributed by atoms with E-state index in [1.165, 1.54) is 32.2 Å². The van der Waals surface area contributed by atoms with E-state index >= 15 is 0 Å². The molecule has 19 heavy (non-hydrogen) atoms. The van der Waals surface area contributed by atoms with E-state index in [9.17, 15) is 0 Å². The Morgan fingerprint density at radius 1 is 1.26 bits per heavy atom. The number of rotatable bonds is 5. The standard InChI is InChI=1S/C15H21Br2NO/c16-12-14-6-2-1-3-8-18(14)9-10-19-15-7-4-5-13(17)11-15/h4-5,7,11,14H,1-3,6,8-10,12H2. The maximum atomic E-state index is 5.84. The predicted octanol–water partition coefficient (Wildman–Crippen LogP) is 4.47. The van der Waals surface area contributed by atoms with E-state index in [2.05, 4.69) is 36.8 Å². The van der Waals surface area contributed by atoms with Crippen LogP contribution in [0.25, 0.3) is 0 Å². The molecule has 0 amide bonds. The molecule has 0 N–H and O–H groups in total. The number of ether oxygens (including phenoxy) is 1. The van der Waals surface area contributed by atoms with E-state index in [1.807, 2.05) is 24.3 Å². The van der Waals surface area contributed by atoms with Gasteiger partial charge in [0, 0.05) is 22.4 Å². The molecule has 2 rings (SSSR count). The highest BCUT2D eigenvalue weighted by atomic mass is 79.9. The molecule has 2 nitrogen and oxygen atoms in total. The zero-order valence-electron chi connectivity index (χ0n) is 11.2. The van der Waals surface area contributed by atoms with Crippen LogP contribution in [0.3, 0.4) is 0 Å². The Balaban J connectivity index is 1.80. The van der Waals surface area contributed by atoms with Crippen LogP contribution in [0.1, 0.15) is 25.7 Å². The number of halogens is 2.